The Bertz CT molecular complexity index is 1490. The maximum absolute atomic E-state index is 12.3. The number of hydrogen-bond donors (Lipinski definition) is 0. The zero-order valence-electron chi connectivity index (χ0n) is 19.7. The van der Waals surface area contributed by atoms with Crippen LogP contribution in [0.5, 0.6) is 17.2 Å². The van der Waals surface area contributed by atoms with Crippen molar-refractivity contribution in [3.8, 4) is 17.2 Å². The summed E-state index contributed by atoms with van der Waals surface area (Å²) < 4.78 is 16.9. The number of non-ortho nitro benzene ring substituents is 2. The molecule has 15 nitrogen and oxygen atoms in total. The Labute approximate surface area is 212 Å². The van der Waals surface area contributed by atoms with Crippen LogP contribution < -0.4 is 9.47 Å². The zero-order valence-corrected chi connectivity index (χ0v) is 19.7. The average Bonchev–Trinajstić information content (AvgIpc) is 3.35. The van der Waals surface area contributed by atoms with Gasteiger partial charge in [-0.2, -0.15) is 5.01 Å². The van der Waals surface area contributed by atoms with Crippen LogP contribution in [0.25, 0.3) is 0 Å². The minimum Gasteiger partial charge on any atom is -0.493 e. The highest BCUT2D eigenvalue weighted by Gasteiger charge is 2.34. The van der Waals surface area contributed by atoms with E-state index < -0.39 is 38.3 Å². The summed E-state index contributed by atoms with van der Waals surface area (Å²) in [6.07, 6.45) is -1.02. The number of carbonyl (C=O) groups excluding carboxylic acids is 1. The summed E-state index contributed by atoms with van der Waals surface area (Å²) in [7, 11) is 1.33. The Balaban J connectivity index is 1.63. The number of hydrazone groups is 1. The van der Waals surface area contributed by atoms with Crippen LogP contribution >= 0.6 is 0 Å². The van der Waals surface area contributed by atoms with E-state index in [9.17, 15) is 35.1 Å². The van der Waals surface area contributed by atoms with E-state index in [0.717, 1.165) is 23.2 Å². The predicted octanol–water partition coefficient (Wildman–Crippen LogP) is 4.45. The minimum absolute atomic E-state index is 0.0529. The third-order valence-corrected chi connectivity index (χ3v) is 5.33. The van der Waals surface area contributed by atoms with Crippen LogP contribution in [0.15, 0.2) is 65.8 Å². The molecule has 3 aromatic rings. The number of rotatable bonds is 8. The lowest BCUT2D eigenvalue weighted by Gasteiger charge is -2.20. The van der Waals surface area contributed by atoms with Crippen molar-refractivity contribution in [3.63, 3.8) is 0 Å². The number of amides is 1. The first-order valence-electron chi connectivity index (χ1n) is 10.7. The molecule has 0 spiro atoms. The van der Waals surface area contributed by atoms with E-state index in [1.54, 1.807) is 0 Å². The van der Waals surface area contributed by atoms with Gasteiger partial charge in [-0.1, -0.05) is 0 Å². The number of nitro groups is 3. The van der Waals surface area contributed by atoms with E-state index in [-0.39, 0.29) is 28.8 Å². The molecule has 0 radical (unpaired) electrons. The highest BCUT2D eigenvalue weighted by atomic mass is 16.6. The van der Waals surface area contributed by atoms with Crippen LogP contribution in [0.1, 0.15) is 24.3 Å². The molecular weight excluding hydrogens is 506 g/mol. The predicted molar refractivity (Wildman–Crippen MR) is 129 cm³/mol. The van der Waals surface area contributed by atoms with Crippen LogP contribution in [0.3, 0.4) is 0 Å². The van der Waals surface area contributed by atoms with Gasteiger partial charge in [0.1, 0.15) is 0 Å². The lowest BCUT2D eigenvalue weighted by atomic mass is 10.1. The van der Waals surface area contributed by atoms with E-state index in [0.29, 0.717) is 11.1 Å². The van der Waals surface area contributed by atoms with Crippen molar-refractivity contribution < 1.29 is 33.8 Å². The van der Waals surface area contributed by atoms with E-state index in [1.165, 1.54) is 56.5 Å². The average molecular weight is 523 g/mol. The monoisotopic (exact) mass is 523 g/mol. The van der Waals surface area contributed by atoms with Crippen molar-refractivity contribution in [2.75, 3.05) is 7.11 Å². The molecule has 1 aliphatic heterocycles. The molecule has 38 heavy (non-hydrogen) atoms. The van der Waals surface area contributed by atoms with Crippen molar-refractivity contribution in [3.05, 3.63) is 102 Å². The third-order valence-electron chi connectivity index (χ3n) is 5.33. The first-order chi connectivity index (χ1) is 18.1. The summed E-state index contributed by atoms with van der Waals surface area (Å²) in [4.78, 5) is 43.5. The lowest BCUT2D eigenvalue weighted by molar-refractivity contribution is -0.394. The maximum Gasteiger partial charge on any atom is 0.318 e. The van der Waals surface area contributed by atoms with Gasteiger partial charge in [-0.15, -0.1) is 5.10 Å². The molecule has 0 saturated heterocycles. The van der Waals surface area contributed by atoms with Gasteiger partial charge in [0.2, 0.25) is 23.8 Å². The normalized spacial score (nSPS) is 14.3. The van der Waals surface area contributed by atoms with Crippen molar-refractivity contribution in [1.29, 1.82) is 0 Å². The molecule has 0 unspecified atom stereocenters. The highest BCUT2D eigenvalue weighted by molar-refractivity contribution is 5.96. The van der Waals surface area contributed by atoms with Gasteiger partial charge in [-0.05, 0) is 36.4 Å². The Morgan fingerprint density at radius 1 is 0.868 bits per heavy atom. The lowest BCUT2D eigenvalue weighted by Crippen LogP contribution is -2.25. The van der Waals surface area contributed by atoms with E-state index in [1.807, 2.05) is 0 Å². The van der Waals surface area contributed by atoms with Gasteiger partial charge in [0.05, 0.1) is 27.9 Å². The van der Waals surface area contributed by atoms with Gasteiger partial charge < -0.3 is 14.2 Å². The van der Waals surface area contributed by atoms with Gasteiger partial charge >= 0.3 is 5.69 Å². The molecule has 0 bridgehead atoms. The molecule has 194 valence electrons. The van der Waals surface area contributed by atoms with Gasteiger partial charge in [0.25, 0.3) is 11.4 Å². The van der Waals surface area contributed by atoms with Crippen LogP contribution in [-0.2, 0) is 9.53 Å². The SMILES string of the molecule is COc1cc([C@@H]2OC(c3ccc([N+](=O)[O-])cc3)=NN2C(C)=O)ccc1Oc1ccc([N+](=O)[O-])cc1[N+](=O)[O-]. The van der Waals surface area contributed by atoms with Crippen molar-refractivity contribution in [2.24, 2.45) is 5.10 Å². The summed E-state index contributed by atoms with van der Waals surface area (Å²) in [6.45, 7) is 1.28. The van der Waals surface area contributed by atoms with Crippen molar-refractivity contribution in [2.45, 2.75) is 13.2 Å². The molecule has 1 amide bonds. The number of methoxy groups -OCH3 is 1. The molecule has 0 aromatic heterocycles. The van der Waals surface area contributed by atoms with Gasteiger partial charge in [-0.25, -0.2) is 0 Å². The summed E-state index contributed by atoms with van der Waals surface area (Å²) in [5, 5.41) is 38.6. The fraction of sp³-hybridized carbons (Fsp3) is 0.130. The van der Waals surface area contributed by atoms with Gasteiger partial charge in [0, 0.05) is 36.2 Å². The van der Waals surface area contributed by atoms with E-state index >= 15 is 0 Å². The molecule has 1 heterocycles. The minimum atomic E-state index is -1.02. The second-order valence-corrected chi connectivity index (χ2v) is 7.72. The smallest absolute Gasteiger partial charge is 0.318 e. The fourth-order valence-electron chi connectivity index (χ4n) is 3.51. The molecule has 0 aliphatic carbocycles. The Morgan fingerprint density at radius 3 is 2.08 bits per heavy atom. The first kappa shape index (κ1) is 25.5. The van der Waals surface area contributed by atoms with Gasteiger partial charge in [-0.3, -0.25) is 35.1 Å². The summed E-state index contributed by atoms with van der Waals surface area (Å²) >= 11 is 0. The quantitative estimate of drug-likeness (QED) is 0.301. The Kier molecular flexibility index (Phi) is 6.83. The van der Waals surface area contributed by atoms with Crippen LogP contribution in [0.2, 0.25) is 0 Å². The molecule has 1 aliphatic rings. The third kappa shape index (κ3) is 5.01. The molecule has 15 heteroatoms. The summed E-state index contributed by atoms with van der Waals surface area (Å²) in [5.74, 6) is -0.477. The standard InChI is InChI=1S/C23H17N5O10/c1-13(29)25-23(38-22(24-25)14-3-6-16(7-4-14)26(30)31)15-5-9-20(21(11-15)36-2)37-19-10-8-17(27(32)33)12-18(19)28(34)35/h3-12,23H,1-2H3/t23-/m0/s1. The zero-order chi connectivity index (χ0) is 27.6. The van der Waals surface area contributed by atoms with Crippen LogP contribution in [0.4, 0.5) is 17.1 Å². The van der Waals surface area contributed by atoms with E-state index in [4.69, 9.17) is 14.2 Å². The number of nitro benzene ring substituents is 3. The Hall–Kier alpha value is -5.60. The van der Waals surface area contributed by atoms with Crippen LogP contribution in [-0.4, -0.2) is 38.7 Å². The molecule has 4 rings (SSSR count). The fourth-order valence-corrected chi connectivity index (χ4v) is 3.51. The number of hydrogen-bond acceptors (Lipinski definition) is 11. The van der Waals surface area contributed by atoms with Gasteiger partial charge in [0.15, 0.2) is 11.5 Å². The largest absolute Gasteiger partial charge is 0.493 e. The molecule has 0 saturated carbocycles. The molecule has 3 aromatic carbocycles. The van der Waals surface area contributed by atoms with Crippen LogP contribution in [0, 0.1) is 30.3 Å². The number of carbonyl (C=O) groups is 1. The highest BCUT2D eigenvalue weighted by Crippen LogP contribution is 2.40. The molecule has 0 N–H and O–H groups in total. The number of benzene rings is 3. The van der Waals surface area contributed by atoms with Crippen molar-refractivity contribution >= 4 is 28.9 Å². The number of ether oxygens (including phenoxy) is 3. The topological polar surface area (TPSA) is 190 Å². The maximum atomic E-state index is 12.3. The summed E-state index contributed by atoms with van der Waals surface area (Å²) in [6, 6.07) is 12.8. The summed E-state index contributed by atoms with van der Waals surface area (Å²) in [5.41, 5.74) is -0.405. The van der Waals surface area contributed by atoms with E-state index in [2.05, 4.69) is 5.10 Å². The number of nitrogens with zero attached hydrogens (tertiary/aromatic N) is 5. The molecule has 0 fully saturated rings. The van der Waals surface area contributed by atoms with Crippen molar-refractivity contribution in [1.82, 2.24) is 5.01 Å². The molecular formula is C23H17N5O10. The Morgan fingerprint density at radius 2 is 1.50 bits per heavy atom. The first-order valence-corrected chi connectivity index (χ1v) is 10.7. The second-order valence-electron chi connectivity index (χ2n) is 7.72. The second kappa shape index (κ2) is 10.2. The molecule has 1 atom stereocenters.